The van der Waals surface area contributed by atoms with Crippen LogP contribution in [-0.2, 0) is 4.79 Å². The third-order valence-corrected chi connectivity index (χ3v) is 4.98. The van der Waals surface area contributed by atoms with Gasteiger partial charge in [0, 0.05) is 25.7 Å². The molecule has 2 fully saturated rings. The molecule has 5 heteroatoms. The Morgan fingerprint density at radius 2 is 1.86 bits per heavy atom. The van der Waals surface area contributed by atoms with E-state index in [4.69, 9.17) is 0 Å². The summed E-state index contributed by atoms with van der Waals surface area (Å²) in [5.41, 5.74) is 0.683. The second-order valence-corrected chi connectivity index (χ2v) is 6.34. The Morgan fingerprint density at radius 3 is 2.55 bits per heavy atom. The van der Waals surface area contributed by atoms with E-state index in [1.807, 2.05) is 12.1 Å². The van der Waals surface area contributed by atoms with Crippen molar-refractivity contribution in [2.75, 3.05) is 31.1 Å². The van der Waals surface area contributed by atoms with Gasteiger partial charge < -0.3 is 10.0 Å². The van der Waals surface area contributed by atoms with Gasteiger partial charge >= 0.3 is 5.97 Å². The lowest BCUT2D eigenvalue weighted by molar-refractivity contribution is -0.144. The van der Waals surface area contributed by atoms with Crippen LogP contribution >= 0.6 is 0 Å². The molecular weight excluding hydrogens is 283 g/mol. The summed E-state index contributed by atoms with van der Waals surface area (Å²) in [4.78, 5) is 15.6. The monoisotopic (exact) mass is 306 g/mol. The van der Waals surface area contributed by atoms with Gasteiger partial charge in [0.2, 0.25) is 0 Å². The van der Waals surface area contributed by atoms with Gasteiger partial charge in [-0.2, -0.15) is 0 Å². The maximum absolute atomic E-state index is 13.8. The fourth-order valence-electron chi connectivity index (χ4n) is 3.72. The number of aliphatic carboxylic acids is 1. The number of piperidine rings is 2. The first-order valence-corrected chi connectivity index (χ1v) is 8.11. The standard InChI is InChI=1S/C17H23FN2O2/c18-15-5-1-2-6-16(15)19-10-7-14(8-11-19)20-9-3-4-13(12-20)17(21)22/h1-2,5-6,13-14H,3-4,7-12H2,(H,21,22)/t13-/m1/s1. The summed E-state index contributed by atoms with van der Waals surface area (Å²) in [6.07, 6.45) is 3.70. The Kier molecular flexibility index (Phi) is 4.62. The first kappa shape index (κ1) is 15.3. The van der Waals surface area contributed by atoms with E-state index >= 15 is 0 Å². The summed E-state index contributed by atoms with van der Waals surface area (Å²) in [5.74, 6) is -1.06. The van der Waals surface area contributed by atoms with Crippen molar-refractivity contribution in [3.05, 3.63) is 30.1 Å². The van der Waals surface area contributed by atoms with Gasteiger partial charge in [0.25, 0.3) is 0 Å². The fraction of sp³-hybridized carbons (Fsp3) is 0.588. The van der Waals surface area contributed by atoms with E-state index in [-0.39, 0.29) is 11.7 Å². The quantitative estimate of drug-likeness (QED) is 0.932. The van der Waals surface area contributed by atoms with Crippen LogP contribution in [0.1, 0.15) is 25.7 Å². The van der Waals surface area contributed by atoms with Gasteiger partial charge in [0.1, 0.15) is 5.82 Å². The van der Waals surface area contributed by atoms with Crippen LogP contribution in [0, 0.1) is 11.7 Å². The second-order valence-electron chi connectivity index (χ2n) is 6.34. The molecule has 0 unspecified atom stereocenters. The van der Waals surface area contributed by atoms with Crippen LogP contribution < -0.4 is 4.90 Å². The molecule has 3 rings (SSSR count). The average molecular weight is 306 g/mol. The molecule has 0 aromatic heterocycles. The molecule has 0 aliphatic carbocycles. The summed E-state index contributed by atoms with van der Waals surface area (Å²) < 4.78 is 13.8. The lowest BCUT2D eigenvalue weighted by atomic mass is 9.94. The van der Waals surface area contributed by atoms with Crippen molar-refractivity contribution in [2.24, 2.45) is 5.92 Å². The molecule has 22 heavy (non-hydrogen) atoms. The molecule has 120 valence electrons. The molecule has 1 N–H and O–H groups in total. The number of hydrogen-bond acceptors (Lipinski definition) is 3. The summed E-state index contributed by atoms with van der Waals surface area (Å²) >= 11 is 0. The Morgan fingerprint density at radius 1 is 1.14 bits per heavy atom. The molecule has 2 aliphatic heterocycles. The highest BCUT2D eigenvalue weighted by molar-refractivity contribution is 5.70. The molecule has 0 bridgehead atoms. The SMILES string of the molecule is O=C(O)[C@@H]1CCCN(C2CCN(c3ccccc3F)CC2)C1. The van der Waals surface area contributed by atoms with Gasteiger partial charge in [-0.1, -0.05) is 12.1 Å². The number of hydrogen-bond donors (Lipinski definition) is 1. The molecule has 2 aliphatic rings. The zero-order chi connectivity index (χ0) is 15.5. The minimum atomic E-state index is -0.673. The first-order valence-electron chi connectivity index (χ1n) is 8.11. The highest BCUT2D eigenvalue weighted by Gasteiger charge is 2.31. The van der Waals surface area contributed by atoms with Crippen molar-refractivity contribution in [1.29, 1.82) is 0 Å². The Hall–Kier alpha value is -1.62. The van der Waals surface area contributed by atoms with Gasteiger partial charge in [0.15, 0.2) is 0 Å². The average Bonchev–Trinajstić information content (AvgIpc) is 2.56. The van der Waals surface area contributed by atoms with E-state index in [9.17, 15) is 14.3 Å². The van der Waals surface area contributed by atoms with E-state index < -0.39 is 5.97 Å². The van der Waals surface area contributed by atoms with Crippen LogP contribution in [0.2, 0.25) is 0 Å². The van der Waals surface area contributed by atoms with Crippen molar-refractivity contribution < 1.29 is 14.3 Å². The normalized spacial score (nSPS) is 24.4. The number of carboxylic acid groups (broad SMARTS) is 1. The number of para-hydroxylation sites is 1. The molecule has 0 radical (unpaired) electrons. The number of anilines is 1. The van der Waals surface area contributed by atoms with Crippen LogP contribution in [-0.4, -0.2) is 48.2 Å². The number of carbonyl (C=O) groups is 1. The maximum Gasteiger partial charge on any atom is 0.307 e. The van der Waals surface area contributed by atoms with E-state index in [1.54, 1.807) is 6.07 Å². The van der Waals surface area contributed by atoms with Crippen molar-refractivity contribution in [1.82, 2.24) is 4.90 Å². The van der Waals surface area contributed by atoms with Crippen LogP contribution in [0.25, 0.3) is 0 Å². The smallest absolute Gasteiger partial charge is 0.307 e. The molecule has 2 heterocycles. The predicted molar refractivity (Wildman–Crippen MR) is 83.6 cm³/mol. The number of nitrogens with zero attached hydrogens (tertiary/aromatic N) is 2. The largest absolute Gasteiger partial charge is 0.481 e. The zero-order valence-electron chi connectivity index (χ0n) is 12.7. The van der Waals surface area contributed by atoms with Gasteiger partial charge in [-0.3, -0.25) is 9.69 Å². The number of rotatable bonds is 3. The first-order chi connectivity index (χ1) is 10.6. The van der Waals surface area contributed by atoms with Gasteiger partial charge in [-0.05, 0) is 44.4 Å². The summed E-state index contributed by atoms with van der Waals surface area (Å²) in [7, 11) is 0. The van der Waals surface area contributed by atoms with Crippen molar-refractivity contribution >= 4 is 11.7 Å². The van der Waals surface area contributed by atoms with E-state index in [1.165, 1.54) is 6.07 Å². The second kappa shape index (κ2) is 6.65. The molecule has 1 aromatic rings. The lowest BCUT2D eigenvalue weighted by Gasteiger charge is -2.42. The van der Waals surface area contributed by atoms with Crippen molar-refractivity contribution in [3.63, 3.8) is 0 Å². The van der Waals surface area contributed by atoms with Crippen LogP contribution in [0.4, 0.5) is 10.1 Å². The molecule has 0 saturated carbocycles. The Balaban J connectivity index is 1.58. The van der Waals surface area contributed by atoms with E-state index in [0.29, 0.717) is 18.3 Å². The molecular formula is C17H23FN2O2. The van der Waals surface area contributed by atoms with E-state index in [0.717, 1.165) is 45.3 Å². The molecule has 1 atom stereocenters. The highest BCUT2D eigenvalue weighted by atomic mass is 19.1. The molecule has 0 amide bonds. The lowest BCUT2D eigenvalue weighted by Crippen LogP contribution is -2.49. The molecule has 1 aromatic carbocycles. The number of likely N-dealkylation sites (tertiary alicyclic amines) is 1. The molecule has 4 nitrogen and oxygen atoms in total. The highest BCUT2D eigenvalue weighted by Crippen LogP contribution is 2.27. The minimum Gasteiger partial charge on any atom is -0.481 e. The maximum atomic E-state index is 13.8. The van der Waals surface area contributed by atoms with Crippen molar-refractivity contribution in [3.8, 4) is 0 Å². The molecule has 0 spiro atoms. The third-order valence-electron chi connectivity index (χ3n) is 4.98. The molecule has 2 saturated heterocycles. The van der Waals surface area contributed by atoms with Crippen LogP contribution in [0.3, 0.4) is 0 Å². The predicted octanol–water partition coefficient (Wildman–Crippen LogP) is 2.59. The number of carboxylic acids is 1. The Labute approximate surface area is 130 Å². The van der Waals surface area contributed by atoms with E-state index in [2.05, 4.69) is 9.80 Å². The van der Waals surface area contributed by atoms with Gasteiger partial charge in [-0.25, -0.2) is 4.39 Å². The van der Waals surface area contributed by atoms with Crippen LogP contribution in [0.5, 0.6) is 0 Å². The van der Waals surface area contributed by atoms with Crippen molar-refractivity contribution in [2.45, 2.75) is 31.7 Å². The fourth-order valence-corrected chi connectivity index (χ4v) is 3.72. The van der Waals surface area contributed by atoms with Gasteiger partial charge in [0.05, 0.1) is 11.6 Å². The summed E-state index contributed by atoms with van der Waals surface area (Å²) in [6.45, 7) is 3.33. The van der Waals surface area contributed by atoms with Gasteiger partial charge in [-0.15, -0.1) is 0 Å². The third kappa shape index (κ3) is 3.24. The van der Waals surface area contributed by atoms with Crippen LogP contribution in [0.15, 0.2) is 24.3 Å². The summed E-state index contributed by atoms with van der Waals surface area (Å²) in [5, 5.41) is 9.20. The number of benzene rings is 1. The minimum absolute atomic E-state index is 0.162. The topological polar surface area (TPSA) is 43.8 Å². The summed E-state index contributed by atoms with van der Waals surface area (Å²) in [6, 6.07) is 7.35. The Bertz CT molecular complexity index is 529. The number of halogens is 1. The zero-order valence-corrected chi connectivity index (χ0v) is 12.7.